The van der Waals surface area contributed by atoms with Crippen molar-refractivity contribution in [1.82, 2.24) is 15.0 Å². The average molecular weight is 366 g/mol. The van der Waals surface area contributed by atoms with Crippen LogP contribution in [0.3, 0.4) is 0 Å². The number of carbonyl (C=O) groups excluding carboxylic acids is 2. The molecule has 2 aromatic rings. The molecule has 140 valence electrons. The molecule has 2 amide bonds. The van der Waals surface area contributed by atoms with Gasteiger partial charge in [-0.2, -0.15) is 0 Å². The van der Waals surface area contributed by atoms with Gasteiger partial charge < -0.3 is 16.0 Å². The summed E-state index contributed by atoms with van der Waals surface area (Å²) in [7, 11) is 0. The highest BCUT2D eigenvalue weighted by atomic mass is 16.2. The van der Waals surface area contributed by atoms with Gasteiger partial charge in [0.2, 0.25) is 11.9 Å². The van der Waals surface area contributed by atoms with Crippen LogP contribution in [0.1, 0.15) is 48.8 Å². The number of carbonyl (C=O) groups is 2. The number of aromatic nitrogens is 3. The van der Waals surface area contributed by atoms with E-state index in [1.165, 1.54) is 0 Å². The largest absolute Gasteiger partial charge is 0.364 e. The minimum atomic E-state index is -0.598. The number of nitrogens with one attached hydrogen (secondary N) is 1. The first-order valence-corrected chi connectivity index (χ1v) is 9.10. The fourth-order valence-electron chi connectivity index (χ4n) is 4.10. The minimum Gasteiger partial charge on any atom is -0.364 e. The van der Waals surface area contributed by atoms with E-state index in [0.29, 0.717) is 11.9 Å². The molecule has 0 aromatic carbocycles. The van der Waals surface area contributed by atoms with Gasteiger partial charge in [0.25, 0.3) is 5.91 Å². The van der Waals surface area contributed by atoms with Gasteiger partial charge in [0, 0.05) is 36.8 Å². The summed E-state index contributed by atoms with van der Waals surface area (Å²) in [5.41, 5.74) is 7.14. The predicted octanol–water partition coefficient (Wildman–Crippen LogP) is 1.90. The molecule has 8 heteroatoms. The van der Waals surface area contributed by atoms with Gasteiger partial charge >= 0.3 is 0 Å². The monoisotopic (exact) mass is 366 g/mol. The van der Waals surface area contributed by atoms with E-state index in [1.807, 2.05) is 4.90 Å². The molecule has 27 heavy (non-hydrogen) atoms. The molecule has 1 fully saturated rings. The zero-order valence-corrected chi connectivity index (χ0v) is 15.3. The lowest BCUT2D eigenvalue weighted by Crippen LogP contribution is -2.51. The summed E-state index contributed by atoms with van der Waals surface area (Å²) >= 11 is 0. The number of anilines is 2. The highest BCUT2D eigenvalue weighted by molar-refractivity contribution is 5.96. The van der Waals surface area contributed by atoms with Gasteiger partial charge in [-0.1, -0.05) is 6.92 Å². The molecule has 1 aliphatic heterocycles. The van der Waals surface area contributed by atoms with Crippen LogP contribution in [0.4, 0.5) is 11.6 Å². The molecule has 8 nitrogen and oxygen atoms in total. The molecule has 0 bridgehead atoms. The van der Waals surface area contributed by atoms with Gasteiger partial charge in [0.15, 0.2) is 0 Å². The third kappa shape index (κ3) is 3.11. The third-order valence-electron chi connectivity index (χ3n) is 5.42. The Kier molecular flexibility index (Phi) is 4.25. The number of nitrogens with zero attached hydrogens (tertiary/aromatic N) is 4. The van der Waals surface area contributed by atoms with Gasteiger partial charge in [-0.3, -0.25) is 9.59 Å². The Morgan fingerprint density at radius 3 is 2.52 bits per heavy atom. The SMILES string of the molecule is CC(=O)N1c2cnc(C(N)=O)cc2C(Nc2ncccn2)C(C)[C@@H]1C1CC1. The van der Waals surface area contributed by atoms with Gasteiger partial charge in [0.05, 0.1) is 17.9 Å². The fourth-order valence-corrected chi connectivity index (χ4v) is 4.10. The quantitative estimate of drug-likeness (QED) is 0.854. The van der Waals surface area contributed by atoms with E-state index in [-0.39, 0.29) is 29.6 Å². The molecular formula is C19H22N6O2. The van der Waals surface area contributed by atoms with Crippen LogP contribution >= 0.6 is 0 Å². The Labute approximate surface area is 157 Å². The number of rotatable bonds is 4. The summed E-state index contributed by atoms with van der Waals surface area (Å²) in [4.78, 5) is 38.7. The molecule has 3 heterocycles. The highest BCUT2D eigenvalue weighted by Crippen LogP contribution is 2.49. The number of amides is 2. The van der Waals surface area contributed by atoms with Gasteiger partial charge in [-0.25, -0.2) is 15.0 Å². The van der Waals surface area contributed by atoms with Crippen molar-refractivity contribution < 1.29 is 9.59 Å². The summed E-state index contributed by atoms with van der Waals surface area (Å²) in [5, 5.41) is 3.38. The number of hydrogen-bond donors (Lipinski definition) is 2. The fraction of sp³-hybridized carbons (Fsp3) is 0.421. The smallest absolute Gasteiger partial charge is 0.267 e. The van der Waals surface area contributed by atoms with Crippen LogP contribution < -0.4 is 16.0 Å². The van der Waals surface area contributed by atoms with Crippen LogP contribution in [0.25, 0.3) is 0 Å². The molecule has 0 radical (unpaired) electrons. The number of primary amides is 1. The average Bonchev–Trinajstić information content (AvgIpc) is 3.48. The number of hydrogen-bond acceptors (Lipinski definition) is 6. The maximum atomic E-state index is 12.5. The number of pyridine rings is 1. The molecule has 0 spiro atoms. The van der Waals surface area contributed by atoms with Crippen molar-refractivity contribution in [3.8, 4) is 0 Å². The molecule has 0 saturated heterocycles. The van der Waals surface area contributed by atoms with E-state index in [1.54, 1.807) is 37.6 Å². The lowest BCUT2D eigenvalue weighted by Gasteiger charge is -2.45. The summed E-state index contributed by atoms with van der Waals surface area (Å²) < 4.78 is 0. The zero-order valence-electron chi connectivity index (χ0n) is 15.3. The van der Waals surface area contributed by atoms with E-state index < -0.39 is 5.91 Å². The van der Waals surface area contributed by atoms with E-state index in [9.17, 15) is 9.59 Å². The first kappa shape index (κ1) is 17.4. The van der Waals surface area contributed by atoms with Gasteiger partial charge in [0.1, 0.15) is 5.69 Å². The lowest BCUT2D eigenvalue weighted by atomic mass is 9.80. The minimum absolute atomic E-state index is 0.0250. The number of fused-ring (bicyclic) bond motifs is 1. The van der Waals surface area contributed by atoms with Crippen molar-refractivity contribution in [3.63, 3.8) is 0 Å². The van der Waals surface area contributed by atoms with Gasteiger partial charge in [-0.05, 0) is 30.9 Å². The predicted molar refractivity (Wildman–Crippen MR) is 100.0 cm³/mol. The number of nitrogens with two attached hydrogens (primary N) is 1. The van der Waals surface area contributed by atoms with Crippen LogP contribution in [0.2, 0.25) is 0 Å². The van der Waals surface area contributed by atoms with Crippen molar-refractivity contribution in [2.24, 2.45) is 17.6 Å². The van der Waals surface area contributed by atoms with Crippen molar-refractivity contribution in [2.45, 2.75) is 38.8 Å². The molecule has 2 aliphatic rings. The Hall–Kier alpha value is -3.03. The molecule has 1 saturated carbocycles. The molecule has 1 aliphatic carbocycles. The van der Waals surface area contributed by atoms with Crippen molar-refractivity contribution in [2.75, 3.05) is 10.2 Å². The first-order valence-electron chi connectivity index (χ1n) is 9.10. The highest BCUT2D eigenvalue weighted by Gasteiger charge is 2.48. The van der Waals surface area contributed by atoms with E-state index >= 15 is 0 Å². The van der Waals surface area contributed by atoms with E-state index in [4.69, 9.17) is 5.73 Å². The standard InChI is InChI=1S/C19H22N6O2/c1-10-16(24-19-21-6-3-7-22-19)13-8-14(18(20)27)23-9-15(13)25(11(2)26)17(10)12-4-5-12/h3,6-10,12,16-17H,4-5H2,1-2H3,(H2,20,27)(H,21,22,24)/t10?,16?,17-/m1/s1. The zero-order chi connectivity index (χ0) is 19.1. The first-order chi connectivity index (χ1) is 13.0. The second-order valence-corrected chi connectivity index (χ2v) is 7.26. The third-order valence-corrected chi connectivity index (χ3v) is 5.42. The second-order valence-electron chi connectivity index (χ2n) is 7.26. The maximum Gasteiger partial charge on any atom is 0.267 e. The summed E-state index contributed by atoms with van der Waals surface area (Å²) in [6.07, 6.45) is 7.14. The van der Waals surface area contributed by atoms with E-state index in [0.717, 1.165) is 24.1 Å². The van der Waals surface area contributed by atoms with Crippen LogP contribution in [0.5, 0.6) is 0 Å². The van der Waals surface area contributed by atoms with Crippen molar-refractivity contribution in [1.29, 1.82) is 0 Å². The van der Waals surface area contributed by atoms with Crippen LogP contribution in [-0.4, -0.2) is 32.8 Å². The van der Waals surface area contributed by atoms with Crippen LogP contribution in [0.15, 0.2) is 30.7 Å². The van der Waals surface area contributed by atoms with Crippen LogP contribution in [0, 0.1) is 11.8 Å². The Morgan fingerprint density at radius 2 is 1.93 bits per heavy atom. The molecule has 3 atom stereocenters. The maximum absolute atomic E-state index is 12.5. The molecule has 2 unspecified atom stereocenters. The summed E-state index contributed by atoms with van der Waals surface area (Å²) in [5.74, 6) is 0.445. The summed E-state index contributed by atoms with van der Waals surface area (Å²) in [6.45, 7) is 3.69. The second kappa shape index (κ2) is 6.61. The molecule has 2 aromatic heterocycles. The Bertz CT molecular complexity index is 883. The van der Waals surface area contributed by atoms with Crippen molar-refractivity contribution >= 4 is 23.5 Å². The molecule has 3 N–H and O–H groups in total. The normalized spacial score (nSPS) is 24.2. The topological polar surface area (TPSA) is 114 Å². The lowest BCUT2D eigenvalue weighted by molar-refractivity contribution is -0.117. The van der Waals surface area contributed by atoms with Gasteiger partial charge in [-0.15, -0.1) is 0 Å². The van der Waals surface area contributed by atoms with Crippen molar-refractivity contribution in [3.05, 3.63) is 42.0 Å². The molecule has 4 rings (SSSR count). The van der Waals surface area contributed by atoms with E-state index in [2.05, 4.69) is 27.2 Å². The Morgan fingerprint density at radius 1 is 1.22 bits per heavy atom. The van der Waals surface area contributed by atoms with Crippen LogP contribution in [-0.2, 0) is 4.79 Å². The Balaban J connectivity index is 1.84. The molecular weight excluding hydrogens is 344 g/mol. The summed E-state index contributed by atoms with van der Waals surface area (Å²) in [6, 6.07) is 3.33.